The van der Waals surface area contributed by atoms with Gasteiger partial charge in [-0.1, -0.05) is 91.0 Å². The second-order valence-corrected chi connectivity index (χ2v) is 11.0. The maximum atomic E-state index is 13.6. The van der Waals surface area contributed by atoms with Crippen molar-refractivity contribution in [3.05, 3.63) is 108 Å². The van der Waals surface area contributed by atoms with E-state index in [-0.39, 0.29) is 17.3 Å². The molecule has 0 spiro atoms. The fraction of sp³-hybridized carbons (Fsp3) is 0.286. The van der Waals surface area contributed by atoms with E-state index in [1.807, 2.05) is 68.4 Å². The Morgan fingerprint density at radius 2 is 1.32 bits per heavy atom. The number of thioether (sulfide) groups is 1. The van der Waals surface area contributed by atoms with Gasteiger partial charge < -0.3 is 9.64 Å². The van der Waals surface area contributed by atoms with Crippen molar-refractivity contribution >= 4 is 23.6 Å². The van der Waals surface area contributed by atoms with Crippen molar-refractivity contribution in [2.75, 3.05) is 7.11 Å². The van der Waals surface area contributed by atoms with E-state index < -0.39 is 22.4 Å². The third-order valence-corrected chi connectivity index (χ3v) is 8.43. The lowest BCUT2D eigenvalue weighted by atomic mass is 9.76. The third kappa shape index (κ3) is 3.44. The van der Waals surface area contributed by atoms with Crippen LogP contribution in [0.5, 0.6) is 0 Å². The monoisotopic (exact) mass is 472 g/mol. The number of fused-ring (bicyclic) bond motifs is 1. The number of esters is 1. The van der Waals surface area contributed by atoms with Crippen LogP contribution < -0.4 is 5.32 Å². The second-order valence-electron chi connectivity index (χ2n) is 9.25. The number of hydrogen-bond donors (Lipinski definition) is 1. The lowest BCUT2D eigenvalue weighted by molar-refractivity contribution is -0.162. The van der Waals surface area contributed by atoms with E-state index >= 15 is 0 Å². The Morgan fingerprint density at radius 1 is 0.882 bits per heavy atom. The van der Waals surface area contributed by atoms with Gasteiger partial charge >= 0.3 is 5.97 Å². The Kier molecular flexibility index (Phi) is 5.74. The molecule has 0 unspecified atom stereocenters. The number of ether oxygens (including phenoxy) is 1. The van der Waals surface area contributed by atoms with Crippen molar-refractivity contribution in [2.24, 2.45) is 0 Å². The summed E-state index contributed by atoms with van der Waals surface area (Å²) in [6.07, 6.45) is 0. The summed E-state index contributed by atoms with van der Waals surface area (Å²) in [6, 6.07) is 29.6. The predicted octanol–water partition coefficient (Wildman–Crippen LogP) is 4.17. The average Bonchev–Trinajstić information content (AvgIpc) is 3.13. The fourth-order valence-electron chi connectivity index (χ4n) is 5.29. The molecule has 0 aromatic heterocycles. The van der Waals surface area contributed by atoms with Gasteiger partial charge in [-0.3, -0.25) is 10.1 Å². The van der Waals surface area contributed by atoms with Crippen LogP contribution in [0.1, 0.15) is 30.5 Å². The third-order valence-electron chi connectivity index (χ3n) is 6.86. The molecule has 3 atom stereocenters. The standard InChI is InChI=1S/C28H28N2O3S/c1-27(2)23(26(32)33-3)30-24(31)22(25(30)34-27)29-28(19-13-7-4-8-14-19,20-15-9-5-10-16-20)21-17-11-6-12-18-21/h4-18,22-23,25,29H,1-3H3/t22-,23+,25-/m1/s1. The van der Waals surface area contributed by atoms with Crippen LogP contribution in [0.25, 0.3) is 0 Å². The van der Waals surface area contributed by atoms with E-state index in [4.69, 9.17) is 4.74 Å². The number of nitrogens with zero attached hydrogens (tertiary/aromatic N) is 1. The summed E-state index contributed by atoms with van der Waals surface area (Å²) in [6.45, 7) is 4.00. The zero-order valence-electron chi connectivity index (χ0n) is 19.5. The highest BCUT2D eigenvalue weighted by Gasteiger charge is 2.65. The summed E-state index contributed by atoms with van der Waals surface area (Å²) in [5.74, 6) is -0.446. The van der Waals surface area contributed by atoms with Crippen LogP contribution in [-0.2, 0) is 19.9 Å². The molecule has 1 amide bonds. The van der Waals surface area contributed by atoms with E-state index in [9.17, 15) is 9.59 Å². The number of carbonyl (C=O) groups is 2. The van der Waals surface area contributed by atoms with Gasteiger partial charge in [0, 0.05) is 4.75 Å². The zero-order valence-corrected chi connectivity index (χ0v) is 20.3. The van der Waals surface area contributed by atoms with E-state index in [1.54, 1.807) is 16.7 Å². The second kappa shape index (κ2) is 8.60. The van der Waals surface area contributed by atoms with Gasteiger partial charge in [0.05, 0.1) is 12.6 Å². The molecular formula is C28H28N2O3S. The Balaban J connectivity index is 1.63. The molecule has 0 saturated carbocycles. The summed E-state index contributed by atoms with van der Waals surface area (Å²) in [5, 5.41) is 3.62. The van der Waals surface area contributed by atoms with Gasteiger partial charge in [0.25, 0.3) is 0 Å². The largest absolute Gasteiger partial charge is 0.467 e. The van der Waals surface area contributed by atoms with E-state index in [2.05, 4.69) is 41.7 Å². The highest BCUT2D eigenvalue weighted by molar-refractivity contribution is 8.01. The molecule has 2 aliphatic heterocycles. The molecule has 0 radical (unpaired) electrons. The molecule has 6 heteroatoms. The Labute approximate surface area is 204 Å². The van der Waals surface area contributed by atoms with Crippen molar-refractivity contribution in [3.63, 3.8) is 0 Å². The van der Waals surface area contributed by atoms with Gasteiger partial charge in [0.1, 0.15) is 17.5 Å². The summed E-state index contributed by atoms with van der Waals surface area (Å²) in [4.78, 5) is 27.8. The highest BCUT2D eigenvalue weighted by atomic mass is 32.2. The summed E-state index contributed by atoms with van der Waals surface area (Å²) >= 11 is 1.65. The summed E-state index contributed by atoms with van der Waals surface area (Å²) < 4.78 is 4.60. The van der Waals surface area contributed by atoms with Crippen molar-refractivity contribution in [1.29, 1.82) is 0 Å². The number of hydrogen-bond acceptors (Lipinski definition) is 5. The number of benzene rings is 3. The SMILES string of the molecule is COC(=O)[C@@H]1N2C(=O)[C@@H](NC(c3ccccc3)(c3ccccc3)c3ccccc3)[C@H]2SC1(C)C. The minimum Gasteiger partial charge on any atom is -0.467 e. The van der Waals surface area contributed by atoms with Crippen molar-refractivity contribution < 1.29 is 14.3 Å². The molecule has 174 valence electrons. The van der Waals surface area contributed by atoms with Gasteiger partial charge in [0.2, 0.25) is 5.91 Å². The van der Waals surface area contributed by atoms with Crippen molar-refractivity contribution in [1.82, 2.24) is 10.2 Å². The molecule has 34 heavy (non-hydrogen) atoms. The van der Waals surface area contributed by atoms with Crippen molar-refractivity contribution in [3.8, 4) is 0 Å². The molecule has 0 aliphatic carbocycles. The number of nitrogens with one attached hydrogen (secondary N) is 1. The molecule has 2 saturated heterocycles. The topological polar surface area (TPSA) is 58.6 Å². The fourth-order valence-corrected chi connectivity index (χ4v) is 6.91. The first-order chi connectivity index (χ1) is 16.4. The molecule has 2 heterocycles. The van der Waals surface area contributed by atoms with Crippen LogP contribution >= 0.6 is 11.8 Å². The first-order valence-corrected chi connectivity index (χ1v) is 12.3. The smallest absolute Gasteiger partial charge is 0.330 e. The molecular weight excluding hydrogens is 444 g/mol. The maximum Gasteiger partial charge on any atom is 0.330 e. The molecule has 3 aromatic carbocycles. The van der Waals surface area contributed by atoms with Crippen LogP contribution in [0.2, 0.25) is 0 Å². The van der Waals surface area contributed by atoms with Gasteiger partial charge in [-0.2, -0.15) is 0 Å². The molecule has 3 aromatic rings. The van der Waals surface area contributed by atoms with Crippen LogP contribution in [-0.4, -0.2) is 46.1 Å². The number of carbonyl (C=O) groups excluding carboxylic acids is 2. The normalized spacial score (nSPS) is 23.2. The molecule has 5 rings (SSSR count). The zero-order chi connectivity index (χ0) is 23.9. The van der Waals surface area contributed by atoms with Gasteiger partial charge in [-0.05, 0) is 30.5 Å². The predicted molar refractivity (Wildman–Crippen MR) is 134 cm³/mol. The molecule has 0 bridgehead atoms. The van der Waals surface area contributed by atoms with Gasteiger partial charge in [0.15, 0.2) is 0 Å². The first-order valence-electron chi connectivity index (χ1n) is 11.4. The van der Waals surface area contributed by atoms with Crippen LogP contribution in [0.15, 0.2) is 91.0 Å². The summed E-state index contributed by atoms with van der Waals surface area (Å²) in [5.41, 5.74) is 2.39. The molecule has 2 aliphatic rings. The Hall–Kier alpha value is -3.09. The highest BCUT2D eigenvalue weighted by Crippen LogP contribution is 2.52. The van der Waals surface area contributed by atoms with E-state index in [1.165, 1.54) is 7.11 Å². The van der Waals surface area contributed by atoms with Gasteiger partial charge in [-0.25, -0.2) is 4.79 Å². The molecule has 5 nitrogen and oxygen atoms in total. The van der Waals surface area contributed by atoms with Crippen LogP contribution in [0.4, 0.5) is 0 Å². The van der Waals surface area contributed by atoms with Crippen molar-refractivity contribution in [2.45, 2.75) is 41.6 Å². The Morgan fingerprint density at radius 3 is 1.74 bits per heavy atom. The first kappa shape index (κ1) is 22.7. The molecule has 1 N–H and O–H groups in total. The van der Waals surface area contributed by atoms with Crippen LogP contribution in [0.3, 0.4) is 0 Å². The number of methoxy groups -OCH3 is 1. The number of amides is 1. The molecule has 2 fully saturated rings. The Bertz CT molecular complexity index is 1090. The lowest BCUT2D eigenvalue weighted by Crippen LogP contribution is -2.72. The quantitative estimate of drug-likeness (QED) is 0.332. The summed E-state index contributed by atoms with van der Waals surface area (Å²) in [7, 11) is 1.38. The van der Waals surface area contributed by atoms with Crippen LogP contribution in [0, 0.1) is 0 Å². The number of β-lactam (4-membered cyclic amide) rings is 1. The maximum absolute atomic E-state index is 13.6. The van der Waals surface area contributed by atoms with E-state index in [0.29, 0.717) is 0 Å². The lowest BCUT2D eigenvalue weighted by Gasteiger charge is -2.49. The minimum absolute atomic E-state index is 0.0781. The number of rotatable bonds is 6. The minimum atomic E-state index is -0.746. The van der Waals surface area contributed by atoms with E-state index in [0.717, 1.165) is 16.7 Å². The van der Waals surface area contributed by atoms with Gasteiger partial charge in [-0.15, -0.1) is 11.8 Å². The average molecular weight is 473 g/mol.